The van der Waals surface area contributed by atoms with Crippen LogP contribution in [0.1, 0.15) is 84.1 Å². The van der Waals surface area contributed by atoms with Gasteiger partial charge < -0.3 is 39.2 Å². The average Bonchev–Trinajstić information content (AvgIpc) is 3.57. The number of pyridine rings is 1. The summed E-state index contributed by atoms with van der Waals surface area (Å²) in [6.45, 7) is 14.0. The number of carbonyl (C=O) groups is 4. The summed E-state index contributed by atoms with van der Waals surface area (Å²) in [4.78, 5) is 66.3. The summed E-state index contributed by atoms with van der Waals surface area (Å²) in [5, 5.41) is 6.61. The molecule has 0 spiro atoms. The highest BCUT2D eigenvalue weighted by Crippen LogP contribution is 2.46. The lowest BCUT2D eigenvalue weighted by molar-refractivity contribution is -0.143. The molecule has 2 bridgehead atoms. The number of benzene rings is 1. The molecule has 4 aliphatic heterocycles. The van der Waals surface area contributed by atoms with E-state index in [1.165, 1.54) is 11.0 Å². The van der Waals surface area contributed by atoms with E-state index >= 15 is 4.79 Å². The predicted molar refractivity (Wildman–Crippen MR) is 244 cm³/mol. The van der Waals surface area contributed by atoms with Crippen molar-refractivity contribution in [3.05, 3.63) is 42.5 Å². The molecule has 7 atom stereocenters. The van der Waals surface area contributed by atoms with Crippen LogP contribution in [0.2, 0.25) is 0 Å². The van der Waals surface area contributed by atoms with E-state index in [9.17, 15) is 22.8 Å². The second kappa shape index (κ2) is 20.3. The number of amides is 4. The topological polar surface area (TPSA) is 207 Å². The van der Waals surface area contributed by atoms with Crippen molar-refractivity contribution in [3.63, 3.8) is 0 Å². The van der Waals surface area contributed by atoms with E-state index < -0.39 is 69.1 Å². The largest absolute Gasteiger partial charge is 0.491 e. The Morgan fingerprint density at radius 1 is 0.985 bits per heavy atom. The number of morpholine rings is 2. The number of hydrogen-bond acceptors (Lipinski definition) is 13. The van der Waals surface area contributed by atoms with Crippen LogP contribution >= 0.6 is 0 Å². The number of fused-ring (bicyclic) bond motifs is 5. The quantitative estimate of drug-likeness (QED) is 0.292. The van der Waals surface area contributed by atoms with Crippen LogP contribution in [0.4, 0.5) is 4.79 Å². The summed E-state index contributed by atoms with van der Waals surface area (Å²) in [6.07, 6.45) is 6.71. The van der Waals surface area contributed by atoms with Crippen molar-refractivity contribution >= 4 is 44.9 Å². The minimum Gasteiger partial charge on any atom is -0.491 e. The van der Waals surface area contributed by atoms with Crippen molar-refractivity contribution in [2.75, 3.05) is 72.3 Å². The fourth-order valence-corrected chi connectivity index (χ4v) is 11.4. The van der Waals surface area contributed by atoms with Gasteiger partial charge in [0.2, 0.25) is 17.7 Å². The number of rotatable bonds is 10. The molecule has 0 radical (unpaired) electrons. The van der Waals surface area contributed by atoms with Crippen molar-refractivity contribution in [1.82, 2.24) is 34.4 Å². The Balaban J connectivity index is 1.13. The standard InChI is InChI=1S/C47H67N7O11S/c1-5-32-29-47(32,44(57)51-66(59,60)53-21-25-62-26-22-53)50-41(55)37-28-33-30-54(37)43(56)40(46(2,3)4)49-45(58)65-38-17-11-13-31(38)12-7-6-8-15-35-39(63-27-20-52-18-23-61-24-19-52)34-14-9-10-16-36(34)48-42(35)64-33/h5,9-10,14,16,31-33,37-38,40H,1,6-8,11-13,15,17-30H2,2-4H3,(H,49,58)(H,50,55)(H,51,57)/t31-,32-,33-,37+,38-,40-,47-/m1/s1. The Hall–Kier alpha value is -4.56. The highest BCUT2D eigenvalue weighted by molar-refractivity contribution is 7.87. The Kier molecular flexibility index (Phi) is 14.8. The van der Waals surface area contributed by atoms with Gasteiger partial charge in [-0.25, -0.2) is 14.5 Å². The van der Waals surface area contributed by atoms with Crippen molar-refractivity contribution < 1.29 is 51.3 Å². The van der Waals surface area contributed by atoms with E-state index in [1.54, 1.807) is 0 Å². The van der Waals surface area contributed by atoms with Crippen LogP contribution in [-0.4, -0.2) is 153 Å². The Labute approximate surface area is 388 Å². The van der Waals surface area contributed by atoms with Gasteiger partial charge in [0.15, 0.2) is 0 Å². The molecule has 1 aromatic carbocycles. The molecule has 4 amide bonds. The molecular weight excluding hydrogens is 871 g/mol. The van der Waals surface area contributed by atoms with E-state index in [1.807, 2.05) is 45.0 Å². The summed E-state index contributed by atoms with van der Waals surface area (Å²) in [5.74, 6) is -1.43. The van der Waals surface area contributed by atoms with Crippen LogP contribution in [0.5, 0.6) is 11.6 Å². The molecule has 3 saturated heterocycles. The molecule has 19 heteroatoms. The third kappa shape index (κ3) is 10.7. The van der Waals surface area contributed by atoms with Gasteiger partial charge in [0.05, 0.1) is 44.1 Å². The lowest BCUT2D eigenvalue weighted by Crippen LogP contribution is -2.60. The second-order valence-corrected chi connectivity index (χ2v) is 21.3. The number of nitrogens with zero attached hydrogens (tertiary/aromatic N) is 4. The molecule has 2 aromatic rings. The van der Waals surface area contributed by atoms with Crippen LogP contribution in [0, 0.1) is 17.3 Å². The summed E-state index contributed by atoms with van der Waals surface area (Å²) in [6, 6.07) is 5.48. The Bertz CT molecular complexity index is 2230. The molecule has 18 nitrogen and oxygen atoms in total. The summed E-state index contributed by atoms with van der Waals surface area (Å²) >= 11 is 0. The fraction of sp³-hybridized carbons (Fsp3) is 0.681. The molecule has 6 aliphatic rings. The van der Waals surface area contributed by atoms with Gasteiger partial charge >= 0.3 is 16.3 Å². The Morgan fingerprint density at radius 2 is 1.71 bits per heavy atom. The van der Waals surface area contributed by atoms with Gasteiger partial charge in [-0.15, -0.1) is 6.58 Å². The summed E-state index contributed by atoms with van der Waals surface area (Å²) in [5.41, 5.74) is -0.978. The fourth-order valence-electron chi connectivity index (χ4n) is 10.2. The third-order valence-corrected chi connectivity index (χ3v) is 15.6. The summed E-state index contributed by atoms with van der Waals surface area (Å²) in [7, 11) is -4.26. The maximum atomic E-state index is 15.0. The molecule has 2 aliphatic carbocycles. The first-order valence-electron chi connectivity index (χ1n) is 23.8. The number of carbonyl (C=O) groups excluding carboxylic acids is 4. The smallest absolute Gasteiger partial charge is 0.408 e. The molecule has 0 unspecified atom stereocenters. The van der Waals surface area contributed by atoms with Crippen LogP contribution in [0.15, 0.2) is 36.9 Å². The van der Waals surface area contributed by atoms with Gasteiger partial charge in [-0.05, 0) is 68.4 Å². The van der Waals surface area contributed by atoms with Gasteiger partial charge in [0.25, 0.3) is 5.91 Å². The third-order valence-electron chi connectivity index (χ3n) is 14.1. The first-order valence-corrected chi connectivity index (χ1v) is 25.2. The molecule has 5 heterocycles. The molecule has 8 rings (SSSR count). The number of aromatic nitrogens is 1. The van der Waals surface area contributed by atoms with Crippen LogP contribution in [0.3, 0.4) is 0 Å². The predicted octanol–water partition coefficient (Wildman–Crippen LogP) is 3.47. The van der Waals surface area contributed by atoms with Crippen molar-refractivity contribution in [3.8, 4) is 11.6 Å². The highest BCUT2D eigenvalue weighted by Gasteiger charge is 2.62. The normalized spacial score (nSPS) is 29.5. The highest BCUT2D eigenvalue weighted by atomic mass is 32.2. The minimum absolute atomic E-state index is 0.00629. The maximum Gasteiger partial charge on any atom is 0.408 e. The zero-order valence-corrected chi connectivity index (χ0v) is 39.4. The van der Waals surface area contributed by atoms with Crippen molar-refractivity contribution in [2.45, 2.75) is 115 Å². The summed E-state index contributed by atoms with van der Waals surface area (Å²) < 4.78 is 60.5. The number of para-hydroxylation sites is 1. The van der Waals surface area contributed by atoms with Crippen LogP contribution < -0.4 is 24.8 Å². The van der Waals surface area contributed by atoms with Crippen molar-refractivity contribution in [1.29, 1.82) is 0 Å². The number of alkyl carbamates (subject to hydrolysis) is 1. The van der Waals surface area contributed by atoms with Gasteiger partial charge in [-0.1, -0.05) is 51.8 Å². The molecule has 2 saturated carbocycles. The molecular formula is C47H67N7O11S. The zero-order chi connectivity index (χ0) is 46.6. The van der Waals surface area contributed by atoms with Crippen LogP contribution in [0.25, 0.3) is 10.9 Å². The van der Waals surface area contributed by atoms with Gasteiger partial charge in [0, 0.05) is 50.4 Å². The molecule has 1 aromatic heterocycles. The zero-order valence-electron chi connectivity index (χ0n) is 38.6. The number of ether oxygens (including phenoxy) is 5. The average molecular weight is 938 g/mol. The monoisotopic (exact) mass is 937 g/mol. The van der Waals surface area contributed by atoms with E-state index in [-0.39, 0.29) is 57.7 Å². The lowest BCUT2D eigenvalue weighted by atomic mass is 9.85. The number of hydrogen-bond donors (Lipinski definition) is 3. The lowest BCUT2D eigenvalue weighted by Gasteiger charge is -2.35. The SMILES string of the molecule is C=C[C@@H]1C[C@]1(NC(=O)[C@@H]1C[C@@H]2CN1C(=O)[C@H](C(C)(C)C)NC(=O)O[C@@H]1CCC[C@H]1CCCCCc1c(nc3ccccc3c1OCCN1CCOCC1)O2)C(=O)NS(=O)(=O)N1CCOCC1. The molecule has 5 fully saturated rings. The van der Waals surface area contributed by atoms with Gasteiger partial charge in [0.1, 0.15) is 42.2 Å². The van der Waals surface area contributed by atoms with Crippen LogP contribution in [-0.2, 0) is 45.2 Å². The second-order valence-electron chi connectivity index (χ2n) is 19.7. The molecule has 66 heavy (non-hydrogen) atoms. The maximum absolute atomic E-state index is 15.0. The first kappa shape index (κ1) is 47.9. The van der Waals surface area contributed by atoms with Gasteiger partial charge in [-0.2, -0.15) is 12.7 Å². The minimum atomic E-state index is -4.26. The Morgan fingerprint density at radius 3 is 2.44 bits per heavy atom. The van der Waals surface area contributed by atoms with E-state index in [2.05, 4.69) is 26.8 Å². The molecule has 3 N–H and O–H groups in total. The molecule has 362 valence electrons. The van der Waals surface area contributed by atoms with E-state index in [4.69, 9.17) is 28.7 Å². The first-order chi connectivity index (χ1) is 31.7. The van der Waals surface area contributed by atoms with E-state index in [0.717, 1.165) is 73.3 Å². The van der Waals surface area contributed by atoms with E-state index in [0.29, 0.717) is 49.9 Å². The van der Waals surface area contributed by atoms with Gasteiger partial charge in [-0.3, -0.25) is 19.3 Å². The van der Waals surface area contributed by atoms with Crippen molar-refractivity contribution in [2.24, 2.45) is 17.3 Å². The number of nitrogens with one attached hydrogen (secondary N) is 3.